The molecule has 0 aliphatic heterocycles. The van der Waals surface area contributed by atoms with Crippen LogP contribution in [0.1, 0.15) is 25.6 Å². The van der Waals surface area contributed by atoms with E-state index in [1.54, 1.807) is 13.2 Å². The van der Waals surface area contributed by atoms with Gasteiger partial charge in [-0.1, -0.05) is 25.4 Å². The summed E-state index contributed by atoms with van der Waals surface area (Å²) in [5.41, 5.74) is 0. The van der Waals surface area contributed by atoms with E-state index in [9.17, 15) is 5.11 Å². The van der Waals surface area contributed by atoms with E-state index in [4.69, 9.17) is 16.3 Å². The number of ether oxygens (including phenoxy) is 1. The number of aliphatic hydroxyl groups excluding tert-OH is 1. The van der Waals surface area contributed by atoms with Crippen molar-refractivity contribution in [1.82, 2.24) is 9.97 Å². The van der Waals surface area contributed by atoms with Crippen molar-refractivity contribution in [3.8, 4) is 0 Å². The molecule has 0 aliphatic carbocycles. The average Bonchev–Trinajstić information content (AvgIpc) is 2.26. The Morgan fingerprint density at radius 3 is 2.76 bits per heavy atom. The third-order valence-electron chi connectivity index (χ3n) is 2.11. The van der Waals surface area contributed by atoms with Crippen LogP contribution in [0.4, 0.5) is 5.82 Å². The molecule has 0 saturated heterocycles. The van der Waals surface area contributed by atoms with Gasteiger partial charge in [0.05, 0.1) is 12.7 Å². The van der Waals surface area contributed by atoms with Crippen molar-refractivity contribution < 1.29 is 9.84 Å². The maximum atomic E-state index is 9.49. The molecule has 1 unspecified atom stereocenters. The molecule has 17 heavy (non-hydrogen) atoms. The Labute approximate surface area is 106 Å². The summed E-state index contributed by atoms with van der Waals surface area (Å²) in [7, 11) is 1.54. The number of halogens is 1. The fourth-order valence-electron chi connectivity index (χ4n) is 1.26. The smallest absolute Gasteiger partial charge is 0.135 e. The number of aliphatic hydroxyl groups is 1. The van der Waals surface area contributed by atoms with Crippen molar-refractivity contribution in [2.24, 2.45) is 0 Å². The van der Waals surface area contributed by atoms with Crippen LogP contribution in [0, 0.1) is 0 Å². The van der Waals surface area contributed by atoms with Crippen molar-refractivity contribution in [3.63, 3.8) is 0 Å². The zero-order valence-corrected chi connectivity index (χ0v) is 11.0. The first-order valence-corrected chi connectivity index (χ1v) is 5.86. The molecule has 0 amide bonds. The molecule has 1 aromatic heterocycles. The lowest BCUT2D eigenvalue weighted by atomic mass is 10.2. The number of nitrogens with one attached hydrogen (secondary N) is 1. The normalized spacial score (nSPS) is 12.8. The van der Waals surface area contributed by atoms with E-state index in [0.29, 0.717) is 23.3 Å². The van der Waals surface area contributed by atoms with E-state index in [2.05, 4.69) is 15.3 Å². The van der Waals surface area contributed by atoms with Gasteiger partial charge >= 0.3 is 0 Å². The highest BCUT2D eigenvalue weighted by Crippen LogP contribution is 2.16. The second-order valence-corrected chi connectivity index (χ2v) is 4.47. The van der Waals surface area contributed by atoms with Crippen LogP contribution >= 0.6 is 11.6 Å². The Hall–Kier alpha value is -0.910. The first-order valence-electron chi connectivity index (χ1n) is 5.48. The van der Waals surface area contributed by atoms with Crippen LogP contribution in [-0.2, 0) is 4.74 Å². The minimum absolute atomic E-state index is 0.207. The quantitative estimate of drug-likeness (QED) is 0.761. The van der Waals surface area contributed by atoms with Crippen LogP contribution in [0.5, 0.6) is 0 Å². The highest BCUT2D eigenvalue weighted by Gasteiger charge is 2.08. The first-order chi connectivity index (χ1) is 8.02. The SMILES string of the molecule is COCC(O)CNc1cc(Cl)nc(C(C)C)n1. The summed E-state index contributed by atoms with van der Waals surface area (Å²) in [6, 6.07) is 1.63. The Kier molecular flexibility index (Phi) is 5.61. The molecule has 1 atom stereocenters. The zero-order chi connectivity index (χ0) is 12.8. The van der Waals surface area contributed by atoms with Gasteiger partial charge in [-0.15, -0.1) is 0 Å². The molecule has 0 bridgehead atoms. The van der Waals surface area contributed by atoms with Gasteiger partial charge < -0.3 is 15.2 Å². The molecule has 0 radical (unpaired) electrons. The minimum atomic E-state index is -0.573. The molecule has 0 fully saturated rings. The zero-order valence-electron chi connectivity index (χ0n) is 10.3. The van der Waals surface area contributed by atoms with E-state index in [-0.39, 0.29) is 12.5 Å². The van der Waals surface area contributed by atoms with Crippen LogP contribution in [0.2, 0.25) is 5.15 Å². The maximum Gasteiger partial charge on any atom is 0.135 e. The predicted octanol–water partition coefficient (Wildman–Crippen LogP) is 1.67. The lowest BCUT2D eigenvalue weighted by Crippen LogP contribution is -2.24. The van der Waals surface area contributed by atoms with Crippen LogP contribution in [0.25, 0.3) is 0 Å². The summed E-state index contributed by atoms with van der Waals surface area (Å²) in [6.07, 6.45) is -0.573. The van der Waals surface area contributed by atoms with Crippen molar-refractivity contribution in [2.75, 3.05) is 25.6 Å². The molecule has 5 nitrogen and oxygen atoms in total. The summed E-state index contributed by atoms with van der Waals surface area (Å²) in [6.45, 7) is 4.63. The minimum Gasteiger partial charge on any atom is -0.389 e. The molecular weight excluding hydrogens is 242 g/mol. The monoisotopic (exact) mass is 259 g/mol. The van der Waals surface area contributed by atoms with Crippen LogP contribution in [-0.4, -0.2) is 41.4 Å². The van der Waals surface area contributed by atoms with Gasteiger partial charge in [0.2, 0.25) is 0 Å². The second-order valence-electron chi connectivity index (χ2n) is 4.08. The molecule has 1 aromatic rings. The fraction of sp³-hybridized carbons (Fsp3) is 0.636. The van der Waals surface area contributed by atoms with E-state index in [1.165, 1.54) is 0 Å². The van der Waals surface area contributed by atoms with Gasteiger partial charge in [0, 0.05) is 25.6 Å². The third kappa shape index (κ3) is 4.85. The van der Waals surface area contributed by atoms with Crippen LogP contribution in [0.15, 0.2) is 6.07 Å². The van der Waals surface area contributed by atoms with Gasteiger partial charge in [-0.05, 0) is 0 Å². The van der Waals surface area contributed by atoms with Crippen molar-refractivity contribution >= 4 is 17.4 Å². The lowest BCUT2D eigenvalue weighted by Gasteiger charge is -2.12. The molecule has 0 aromatic carbocycles. The van der Waals surface area contributed by atoms with Crippen LogP contribution in [0.3, 0.4) is 0 Å². The Balaban J connectivity index is 2.64. The fourth-order valence-corrected chi connectivity index (χ4v) is 1.45. The van der Waals surface area contributed by atoms with Crippen molar-refractivity contribution in [3.05, 3.63) is 17.0 Å². The lowest BCUT2D eigenvalue weighted by molar-refractivity contribution is 0.0727. The van der Waals surface area contributed by atoms with E-state index >= 15 is 0 Å². The van der Waals surface area contributed by atoms with Crippen LogP contribution < -0.4 is 5.32 Å². The molecule has 0 spiro atoms. The van der Waals surface area contributed by atoms with Gasteiger partial charge in [-0.3, -0.25) is 0 Å². The van der Waals surface area contributed by atoms with E-state index < -0.39 is 6.10 Å². The number of hydrogen-bond donors (Lipinski definition) is 2. The summed E-state index contributed by atoms with van der Waals surface area (Å²) in [5, 5.41) is 12.9. The largest absolute Gasteiger partial charge is 0.389 e. The molecule has 2 N–H and O–H groups in total. The topological polar surface area (TPSA) is 67.3 Å². The molecule has 0 saturated carbocycles. The number of anilines is 1. The number of rotatable bonds is 6. The first kappa shape index (κ1) is 14.2. The number of hydrogen-bond acceptors (Lipinski definition) is 5. The molecule has 1 rings (SSSR count). The summed E-state index contributed by atoms with van der Waals surface area (Å²) in [5.74, 6) is 1.50. The number of nitrogens with zero attached hydrogens (tertiary/aromatic N) is 2. The number of methoxy groups -OCH3 is 1. The summed E-state index contributed by atoms with van der Waals surface area (Å²) < 4.78 is 4.83. The molecule has 6 heteroatoms. The second kappa shape index (κ2) is 6.74. The van der Waals surface area contributed by atoms with Gasteiger partial charge in [0.1, 0.15) is 16.8 Å². The predicted molar refractivity (Wildman–Crippen MR) is 67.5 cm³/mol. The summed E-state index contributed by atoms with van der Waals surface area (Å²) in [4.78, 5) is 8.43. The highest BCUT2D eigenvalue weighted by molar-refractivity contribution is 6.29. The molecule has 1 heterocycles. The van der Waals surface area contributed by atoms with Gasteiger partial charge in [0.25, 0.3) is 0 Å². The molecular formula is C11H18ClN3O2. The maximum absolute atomic E-state index is 9.49. The van der Waals surface area contributed by atoms with Crippen molar-refractivity contribution in [2.45, 2.75) is 25.9 Å². The van der Waals surface area contributed by atoms with Crippen molar-refractivity contribution in [1.29, 1.82) is 0 Å². The third-order valence-corrected chi connectivity index (χ3v) is 2.30. The van der Waals surface area contributed by atoms with Gasteiger partial charge in [0.15, 0.2) is 0 Å². The van der Waals surface area contributed by atoms with E-state index in [1.807, 2.05) is 13.8 Å². The average molecular weight is 260 g/mol. The Bertz CT molecular complexity index is 361. The molecule has 96 valence electrons. The van der Waals surface area contributed by atoms with E-state index in [0.717, 1.165) is 0 Å². The van der Waals surface area contributed by atoms with Gasteiger partial charge in [-0.25, -0.2) is 9.97 Å². The number of aromatic nitrogens is 2. The standard InChI is InChI=1S/C11H18ClN3O2/c1-7(2)11-14-9(12)4-10(15-11)13-5-8(16)6-17-3/h4,7-8,16H,5-6H2,1-3H3,(H,13,14,15). The Morgan fingerprint density at radius 2 is 2.18 bits per heavy atom. The Morgan fingerprint density at radius 1 is 1.47 bits per heavy atom. The summed E-state index contributed by atoms with van der Waals surface area (Å²) >= 11 is 5.89. The molecule has 0 aliphatic rings. The highest BCUT2D eigenvalue weighted by atomic mass is 35.5. The van der Waals surface area contributed by atoms with Gasteiger partial charge in [-0.2, -0.15) is 0 Å².